The summed E-state index contributed by atoms with van der Waals surface area (Å²) in [7, 11) is 1.25. The van der Waals surface area contributed by atoms with Gasteiger partial charge in [-0.2, -0.15) is 13.2 Å². The van der Waals surface area contributed by atoms with Crippen molar-refractivity contribution in [3.05, 3.63) is 51.9 Å². The van der Waals surface area contributed by atoms with Gasteiger partial charge in [-0.25, -0.2) is 9.79 Å². The van der Waals surface area contributed by atoms with Gasteiger partial charge in [0.2, 0.25) is 6.35 Å². The van der Waals surface area contributed by atoms with Gasteiger partial charge in [0.05, 0.1) is 12.7 Å². The number of allylic oxidation sites excluding steroid dienone is 2. The SMILES string of the molecule is COc1cc(C(F)(F)F)cc(C)c1C1=CC=C2OC(N[C@@H]3CCCN(C(=O)OC(C)(C)C)C3)N=C2N1[O-]. The van der Waals surface area contributed by atoms with Crippen LogP contribution in [-0.4, -0.2) is 60.1 Å². The van der Waals surface area contributed by atoms with Crippen LogP contribution in [0.4, 0.5) is 18.0 Å². The number of benzene rings is 1. The average Bonchev–Trinajstić information content (AvgIpc) is 3.21. The van der Waals surface area contributed by atoms with Gasteiger partial charge in [0, 0.05) is 30.4 Å². The van der Waals surface area contributed by atoms with Gasteiger partial charge in [0.15, 0.2) is 11.6 Å². The van der Waals surface area contributed by atoms with Crippen LogP contribution in [0.5, 0.6) is 5.75 Å². The van der Waals surface area contributed by atoms with Crippen molar-refractivity contribution in [3.8, 4) is 5.75 Å². The van der Waals surface area contributed by atoms with E-state index in [9.17, 15) is 23.2 Å². The van der Waals surface area contributed by atoms with Crippen molar-refractivity contribution in [1.82, 2.24) is 15.3 Å². The third-order valence-corrected chi connectivity index (χ3v) is 6.06. The molecule has 0 radical (unpaired) electrons. The molecule has 0 saturated carbocycles. The van der Waals surface area contributed by atoms with Gasteiger partial charge in [-0.3, -0.25) is 5.32 Å². The molecule has 1 fully saturated rings. The molecule has 1 aromatic carbocycles. The number of methoxy groups -OCH3 is 1. The molecule has 0 aliphatic carbocycles. The van der Waals surface area contributed by atoms with Gasteiger partial charge >= 0.3 is 12.3 Å². The Morgan fingerprint density at radius 3 is 2.62 bits per heavy atom. The maximum Gasteiger partial charge on any atom is 0.416 e. The first-order chi connectivity index (χ1) is 17.3. The number of rotatable bonds is 4. The van der Waals surface area contributed by atoms with E-state index in [0.717, 1.165) is 25.0 Å². The number of fused-ring (bicyclic) bond motifs is 1. The van der Waals surface area contributed by atoms with Gasteiger partial charge in [-0.05, 0) is 70.4 Å². The van der Waals surface area contributed by atoms with Crippen LogP contribution in [0.15, 0.2) is 35.0 Å². The molecule has 0 spiro atoms. The number of carbonyl (C=O) groups excluding carboxylic acids is 1. The minimum Gasteiger partial charge on any atom is -0.753 e. The summed E-state index contributed by atoms with van der Waals surface area (Å²) in [6.07, 6.45) is -1.26. The molecule has 37 heavy (non-hydrogen) atoms. The standard InChI is InChI=1S/C25H30F3N4O5/c1-14-11-15(25(26,27)28)12-19(35-5)20(14)17-8-9-18-21(32(17)34)30-22(36-18)29-16-7-6-10-31(13-16)23(33)37-24(2,3)4/h8-9,11-12,16,22,29H,6-7,10,13H2,1-5H3/q-1/t16-,22?/m1/s1. The first-order valence-corrected chi connectivity index (χ1v) is 11.9. The lowest BCUT2D eigenvalue weighted by molar-refractivity contribution is -0.137. The number of amidine groups is 1. The van der Waals surface area contributed by atoms with Crippen LogP contribution in [0, 0.1) is 12.1 Å². The summed E-state index contributed by atoms with van der Waals surface area (Å²) < 4.78 is 56.2. The Labute approximate surface area is 213 Å². The van der Waals surface area contributed by atoms with Crippen LogP contribution in [0.1, 0.15) is 50.3 Å². The second-order valence-corrected chi connectivity index (χ2v) is 10.1. The van der Waals surface area contributed by atoms with Crippen molar-refractivity contribution >= 4 is 17.6 Å². The number of carbonyl (C=O) groups is 1. The minimum atomic E-state index is -4.55. The highest BCUT2D eigenvalue weighted by Crippen LogP contribution is 2.40. The Kier molecular flexibility index (Phi) is 7.17. The maximum absolute atomic E-state index is 13.3. The van der Waals surface area contributed by atoms with E-state index in [1.165, 1.54) is 20.1 Å². The van der Waals surface area contributed by atoms with Gasteiger partial charge in [-0.1, -0.05) is 0 Å². The van der Waals surface area contributed by atoms with E-state index in [4.69, 9.17) is 14.2 Å². The first-order valence-electron chi connectivity index (χ1n) is 11.9. The lowest BCUT2D eigenvalue weighted by Gasteiger charge is -2.35. The number of piperidine rings is 1. The Bertz CT molecular complexity index is 1160. The number of ether oxygens (including phenoxy) is 3. The predicted octanol–water partition coefficient (Wildman–Crippen LogP) is 4.76. The minimum absolute atomic E-state index is 0.00356. The molecule has 1 unspecified atom stereocenters. The van der Waals surface area contributed by atoms with Crippen molar-refractivity contribution in [1.29, 1.82) is 0 Å². The topological polar surface area (TPSA) is 98.7 Å². The van der Waals surface area contributed by atoms with E-state index in [1.807, 2.05) is 0 Å². The largest absolute Gasteiger partial charge is 0.753 e. The molecule has 12 heteroatoms. The van der Waals surface area contributed by atoms with E-state index in [-0.39, 0.29) is 40.2 Å². The van der Waals surface area contributed by atoms with Gasteiger partial charge < -0.3 is 29.4 Å². The number of alkyl halides is 3. The number of likely N-dealkylation sites (tertiary alicyclic amines) is 1. The van der Waals surface area contributed by atoms with Crippen molar-refractivity contribution in [2.24, 2.45) is 4.99 Å². The number of aliphatic imine (C=N–C) groups is 1. The monoisotopic (exact) mass is 523 g/mol. The number of amides is 1. The van der Waals surface area contributed by atoms with Crippen LogP contribution < -0.4 is 10.1 Å². The molecule has 1 N–H and O–H groups in total. The fraction of sp³-hybridized carbons (Fsp3) is 0.520. The van der Waals surface area contributed by atoms with E-state index < -0.39 is 29.8 Å². The zero-order valence-corrected chi connectivity index (χ0v) is 21.3. The molecule has 2 atom stereocenters. The van der Waals surface area contributed by atoms with Crippen molar-refractivity contribution < 1.29 is 32.2 Å². The fourth-order valence-electron chi connectivity index (χ4n) is 4.45. The molecular formula is C25H30F3N4O5-. The highest BCUT2D eigenvalue weighted by atomic mass is 19.4. The fourth-order valence-corrected chi connectivity index (χ4v) is 4.45. The van der Waals surface area contributed by atoms with Crippen molar-refractivity contribution in [3.63, 3.8) is 0 Å². The van der Waals surface area contributed by atoms with E-state index >= 15 is 0 Å². The van der Waals surface area contributed by atoms with Gasteiger partial charge in [-0.15, -0.1) is 0 Å². The number of halogens is 3. The summed E-state index contributed by atoms with van der Waals surface area (Å²) in [5.41, 5.74) is -0.913. The molecule has 3 aliphatic heterocycles. The highest BCUT2D eigenvalue weighted by Gasteiger charge is 2.35. The van der Waals surface area contributed by atoms with E-state index in [2.05, 4.69) is 10.3 Å². The summed E-state index contributed by atoms with van der Waals surface area (Å²) in [5.74, 6) is 0.158. The number of hydrogen-bond acceptors (Lipinski definition) is 8. The number of aryl methyl sites for hydroxylation is 1. The van der Waals surface area contributed by atoms with Crippen molar-refractivity contribution in [2.75, 3.05) is 20.2 Å². The number of hydroxylamine groups is 2. The third kappa shape index (κ3) is 5.85. The summed E-state index contributed by atoms with van der Waals surface area (Å²) in [5, 5.41) is 17.0. The third-order valence-electron chi connectivity index (χ3n) is 6.06. The zero-order chi connectivity index (χ0) is 27.1. The summed E-state index contributed by atoms with van der Waals surface area (Å²) in [6, 6.07) is 1.71. The second-order valence-electron chi connectivity index (χ2n) is 10.1. The van der Waals surface area contributed by atoms with E-state index in [0.29, 0.717) is 18.2 Å². The Balaban J connectivity index is 1.49. The predicted molar refractivity (Wildman–Crippen MR) is 130 cm³/mol. The molecule has 1 amide bonds. The zero-order valence-electron chi connectivity index (χ0n) is 21.3. The Hall–Kier alpha value is -3.25. The molecular weight excluding hydrogens is 493 g/mol. The molecule has 3 aliphatic rings. The average molecular weight is 524 g/mol. The van der Waals surface area contributed by atoms with Gasteiger partial charge in [0.1, 0.15) is 11.4 Å². The molecule has 4 rings (SSSR count). The van der Waals surface area contributed by atoms with Crippen LogP contribution >= 0.6 is 0 Å². The lowest BCUT2D eigenvalue weighted by Crippen LogP contribution is -2.51. The molecule has 1 saturated heterocycles. The van der Waals surface area contributed by atoms with Crippen molar-refractivity contribution in [2.45, 2.75) is 64.7 Å². The van der Waals surface area contributed by atoms with Gasteiger partial charge in [0.25, 0.3) is 0 Å². The highest BCUT2D eigenvalue weighted by molar-refractivity contribution is 6.06. The maximum atomic E-state index is 13.3. The summed E-state index contributed by atoms with van der Waals surface area (Å²) in [4.78, 5) is 18.4. The van der Waals surface area contributed by atoms with Crippen LogP contribution in [0.25, 0.3) is 5.70 Å². The van der Waals surface area contributed by atoms with E-state index in [1.54, 1.807) is 31.7 Å². The summed E-state index contributed by atoms with van der Waals surface area (Å²) >= 11 is 0. The second kappa shape index (κ2) is 9.90. The smallest absolute Gasteiger partial charge is 0.416 e. The van der Waals surface area contributed by atoms with Crippen LogP contribution in [0.3, 0.4) is 0 Å². The molecule has 202 valence electrons. The summed E-state index contributed by atoms with van der Waals surface area (Å²) in [6.45, 7) is 7.88. The van der Waals surface area contributed by atoms with Crippen LogP contribution in [0.2, 0.25) is 0 Å². The number of nitrogens with zero attached hydrogens (tertiary/aromatic N) is 3. The number of hydrogen-bond donors (Lipinski definition) is 1. The molecule has 0 aromatic heterocycles. The lowest BCUT2D eigenvalue weighted by atomic mass is 9.99. The van der Waals surface area contributed by atoms with Crippen LogP contribution in [-0.2, 0) is 15.7 Å². The Morgan fingerprint density at radius 2 is 1.97 bits per heavy atom. The molecule has 0 bridgehead atoms. The molecule has 1 aromatic rings. The molecule has 3 heterocycles. The first kappa shape index (κ1) is 26.8. The molecule has 9 nitrogen and oxygen atoms in total. The Morgan fingerprint density at radius 1 is 1.24 bits per heavy atom. The number of nitrogens with one attached hydrogen (secondary N) is 1. The normalized spacial score (nSPS) is 22.0. The quantitative estimate of drug-likeness (QED) is 0.608.